The van der Waals surface area contributed by atoms with Crippen molar-refractivity contribution in [3.63, 3.8) is 0 Å². The molecule has 1 aliphatic heterocycles. The molecule has 3 aromatic rings. The van der Waals surface area contributed by atoms with Crippen LogP contribution in [0.15, 0.2) is 36.0 Å². The van der Waals surface area contributed by atoms with Crippen LogP contribution in [-0.4, -0.2) is 67.5 Å². The summed E-state index contributed by atoms with van der Waals surface area (Å²) in [5, 5.41) is 6.53. The Labute approximate surface area is 178 Å². The molecule has 0 spiro atoms. The molecule has 0 unspecified atom stereocenters. The van der Waals surface area contributed by atoms with Crippen molar-refractivity contribution < 1.29 is 9.59 Å². The molecule has 8 nitrogen and oxygen atoms in total. The lowest BCUT2D eigenvalue weighted by Crippen LogP contribution is -2.50. The van der Waals surface area contributed by atoms with Crippen LogP contribution in [0.2, 0.25) is 0 Å². The fourth-order valence-corrected chi connectivity index (χ4v) is 4.53. The predicted molar refractivity (Wildman–Crippen MR) is 113 cm³/mol. The zero-order valence-corrected chi connectivity index (χ0v) is 17.5. The first-order valence-electron chi connectivity index (χ1n) is 10.1. The molecule has 30 heavy (non-hydrogen) atoms. The number of nitrogens with zero attached hydrogens (tertiary/aromatic N) is 6. The van der Waals surface area contributed by atoms with Crippen molar-refractivity contribution in [2.45, 2.75) is 25.7 Å². The zero-order valence-electron chi connectivity index (χ0n) is 16.7. The van der Waals surface area contributed by atoms with Crippen LogP contribution in [0.25, 0.3) is 16.5 Å². The number of rotatable bonds is 4. The molecule has 2 fully saturated rings. The molecule has 0 bridgehead atoms. The van der Waals surface area contributed by atoms with Gasteiger partial charge in [0, 0.05) is 45.2 Å². The van der Waals surface area contributed by atoms with Gasteiger partial charge in [0.25, 0.3) is 11.9 Å². The largest absolute Gasteiger partial charge is 0.339 e. The summed E-state index contributed by atoms with van der Waals surface area (Å²) in [4.78, 5) is 38.6. The highest BCUT2D eigenvalue weighted by Crippen LogP contribution is 2.42. The summed E-state index contributed by atoms with van der Waals surface area (Å²) in [7, 11) is 0. The molecule has 154 valence electrons. The van der Waals surface area contributed by atoms with Crippen molar-refractivity contribution in [1.82, 2.24) is 29.5 Å². The first-order valence-corrected chi connectivity index (χ1v) is 11.0. The normalized spacial score (nSPS) is 16.7. The summed E-state index contributed by atoms with van der Waals surface area (Å²) in [6, 6.07) is 5.90. The highest BCUT2D eigenvalue weighted by molar-refractivity contribution is 7.13. The van der Waals surface area contributed by atoms with Gasteiger partial charge in [-0.25, -0.2) is 14.6 Å². The summed E-state index contributed by atoms with van der Waals surface area (Å²) < 4.78 is 1.73. The Kier molecular flexibility index (Phi) is 4.82. The zero-order chi connectivity index (χ0) is 20.7. The molecular formula is C21H22N6O2S. The average molecular weight is 423 g/mol. The number of hydrogen-bond acceptors (Lipinski definition) is 6. The monoisotopic (exact) mass is 422 g/mol. The predicted octanol–water partition coefficient (Wildman–Crippen LogP) is 2.57. The fourth-order valence-electron chi connectivity index (χ4n) is 3.84. The molecule has 3 aromatic heterocycles. The molecule has 1 saturated carbocycles. The van der Waals surface area contributed by atoms with Gasteiger partial charge in [0.2, 0.25) is 5.91 Å². The second-order valence-corrected chi connectivity index (χ2v) is 8.59. The van der Waals surface area contributed by atoms with Gasteiger partial charge in [0.1, 0.15) is 0 Å². The van der Waals surface area contributed by atoms with Gasteiger partial charge in [0.05, 0.1) is 28.0 Å². The summed E-state index contributed by atoms with van der Waals surface area (Å²) in [5.74, 6) is 0.819. The number of carbonyl (C=O) groups excluding carboxylic acids is 2. The molecule has 0 aromatic carbocycles. The average Bonchev–Trinajstić information content (AvgIpc) is 3.28. The number of amides is 2. The Hall–Kier alpha value is -3.07. The number of hydrogen-bond donors (Lipinski definition) is 0. The molecule has 2 amide bonds. The quantitative estimate of drug-likeness (QED) is 0.645. The van der Waals surface area contributed by atoms with E-state index in [0.29, 0.717) is 43.6 Å². The molecule has 2 aliphatic rings. The Bertz CT molecular complexity index is 1080. The van der Waals surface area contributed by atoms with Crippen LogP contribution in [-0.2, 0) is 4.79 Å². The van der Waals surface area contributed by atoms with Crippen molar-refractivity contribution in [2.24, 2.45) is 0 Å². The van der Waals surface area contributed by atoms with Crippen LogP contribution in [0.3, 0.4) is 0 Å². The first-order chi connectivity index (χ1) is 14.6. The highest BCUT2D eigenvalue weighted by Gasteiger charge is 2.35. The maximum absolute atomic E-state index is 13.3. The molecule has 0 radical (unpaired) electrons. The van der Waals surface area contributed by atoms with Gasteiger partial charge in [-0.2, -0.15) is 5.10 Å². The van der Waals surface area contributed by atoms with Gasteiger partial charge >= 0.3 is 0 Å². The molecule has 1 saturated heterocycles. The van der Waals surface area contributed by atoms with Gasteiger partial charge < -0.3 is 9.80 Å². The number of piperazine rings is 1. The molecule has 0 atom stereocenters. The summed E-state index contributed by atoms with van der Waals surface area (Å²) in [6.07, 6.45) is 5.45. The van der Waals surface area contributed by atoms with Gasteiger partial charge in [-0.05, 0) is 30.4 Å². The van der Waals surface area contributed by atoms with E-state index in [1.54, 1.807) is 40.2 Å². The minimum absolute atomic E-state index is 0.0271. The van der Waals surface area contributed by atoms with Crippen LogP contribution < -0.4 is 0 Å². The third-order valence-corrected chi connectivity index (χ3v) is 6.51. The Morgan fingerprint density at radius 3 is 2.53 bits per heavy atom. The van der Waals surface area contributed by atoms with E-state index < -0.39 is 0 Å². The molecule has 5 rings (SSSR count). The standard InChI is InChI=1S/C21H22N6O2S/c1-14(28)25-8-10-26(11-9-25)20(29)16-13-23-27(19(16)15-4-5-15)21-22-7-6-17(24-21)18-3-2-12-30-18/h2-3,6-7,12-13,15H,4-5,8-11H2,1H3. The highest BCUT2D eigenvalue weighted by atomic mass is 32.1. The third kappa shape index (κ3) is 3.49. The van der Waals surface area contributed by atoms with Crippen LogP contribution in [0.1, 0.15) is 41.7 Å². The fraction of sp³-hybridized carbons (Fsp3) is 0.381. The van der Waals surface area contributed by atoms with Crippen molar-refractivity contribution in [3.8, 4) is 16.5 Å². The maximum atomic E-state index is 13.3. The molecule has 9 heteroatoms. The van der Waals surface area contributed by atoms with Crippen LogP contribution in [0.4, 0.5) is 0 Å². The van der Waals surface area contributed by atoms with E-state index in [4.69, 9.17) is 4.98 Å². The second kappa shape index (κ2) is 7.64. The minimum Gasteiger partial charge on any atom is -0.339 e. The lowest BCUT2D eigenvalue weighted by molar-refractivity contribution is -0.130. The topological polar surface area (TPSA) is 84.2 Å². The first kappa shape index (κ1) is 18.9. The van der Waals surface area contributed by atoms with Crippen molar-refractivity contribution >= 4 is 23.2 Å². The van der Waals surface area contributed by atoms with Crippen LogP contribution in [0.5, 0.6) is 0 Å². The van der Waals surface area contributed by atoms with E-state index in [-0.39, 0.29) is 11.8 Å². The Balaban J connectivity index is 1.45. The molecule has 1 aliphatic carbocycles. The van der Waals surface area contributed by atoms with E-state index in [0.717, 1.165) is 29.1 Å². The molecular weight excluding hydrogens is 400 g/mol. The second-order valence-electron chi connectivity index (χ2n) is 7.65. The van der Waals surface area contributed by atoms with Crippen molar-refractivity contribution in [2.75, 3.05) is 26.2 Å². The van der Waals surface area contributed by atoms with Crippen molar-refractivity contribution in [3.05, 3.63) is 47.2 Å². The van der Waals surface area contributed by atoms with E-state index >= 15 is 0 Å². The Morgan fingerprint density at radius 1 is 1.10 bits per heavy atom. The SMILES string of the molecule is CC(=O)N1CCN(C(=O)c2cnn(-c3nccc(-c4cccs4)n3)c2C2CC2)CC1. The van der Waals surface area contributed by atoms with E-state index in [1.807, 2.05) is 28.5 Å². The Morgan fingerprint density at radius 2 is 1.87 bits per heavy atom. The summed E-state index contributed by atoms with van der Waals surface area (Å²) >= 11 is 1.63. The summed E-state index contributed by atoms with van der Waals surface area (Å²) in [5.41, 5.74) is 2.37. The van der Waals surface area contributed by atoms with Crippen LogP contribution >= 0.6 is 11.3 Å². The molecule has 4 heterocycles. The lowest BCUT2D eigenvalue weighted by atomic mass is 10.1. The van der Waals surface area contributed by atoms with Crippen LogP contribution in [0, 0.1) is 0 Å². The van der Waals surface area contributed by atoms with E-state index in [9.17, 15) is 9.59 Å². The number of aromatic nitrogens is 4. The lowest BCUT2D eigenvalue weighted by Gasteiger charge is -2.34. The van der Waals surface area contributed by atoms with Gasteiger partial charge in [-0.1, -0.05) is 6.07 Å². The maximum Gasteiger partial charge on any atom is 0.257 e. The summed E-state index contributed by atoms with van der Waals surface area (Å²) in [6.45, 7) is 3.78. The van der Waals surface area contributed by atoms with E-state index in [1.165, 1.54) is 0 Å². The van der Waals surface area contributed by atoms with Gasteiger partial charge in [-0.15, -0.1) is 11.3 Å². The van der Waals surface area contributed by atoms with Gasteiger partial charge in [-0.3, -0.25) is 9.59 Å². The van der Waals surface area contributed by atoms with Crippen molar-refractivity contribution in [1.29, 1.82) is 0 Å². The van der Waals surface area contributed by atoms with Gasteiger partial charge in [0.15, 0.2) is 0 Å². The third-order valence-electron chi connectivity index (χ3n) is 5.62. The number of thiophene rings is 1. The minimum atomic E-state index is -0.0271. The smallest absolute Gasteiger partial charge is 0.257 e. The molecule has 0 N–H and O–H groups in total. The number of carbonyl (C=O) groups is 2. The van der Waals surface area contributed by atoms with E-state index in [2.05, 4.69) is 10.1 Å².